The van der Waals surface area contributed by atoms with Gasteiger partial charge in [0.2, 0.25) is 0 Å². The molecule has 0 saturated heterocycles. The average Bonchev–Trinajstić information content (AvgIpc) is 2.53. The van der Waals surface area contributed by atoms with Crippen LogP contribution in [0.25, 0.3) is 0 Å². The molecule has 0 amide bonds. The minimum absolute atomic E-state index is 0.0608. The van der Waals surface area contributed by atoms with E-state index < -0.39 is 44.2 Å². The molecule has 0 aromatic heterocycles. The molecule has 0 saturated carbocycles. The summed E-state index contributed by atoms with van der Waals surface area (Å²) in [5.41, 5.74) is 0.0855. The van der Waals surface area contributed by atoms with Crippen molar-refractivity contribution in [1.82, 2.24) is 0 Å². The third-order valence-electron chi connectivity index (χ3n) is 3.67. The highest BCUT2D eigenvalue weighted by atomic mass is 28.4. The van der Waals surface area contributed by atoms with Crippen LogP contribution in [0.2, 0.25) is 6.04 Å². The Morgan fingerprint density at radius 3 is 1.71 bits per heavy atom. The first-order valence-corrected chi connectivity index (χ1v) is 10.7. The minimum Gasteiger partial charge on any atom is -0.455 e. The maximum Gasteiger partial charge on any atom is 0.705 e. The van der Waals surface area contributed by atoms with Crippen molar-refractivity contribution >= 4 is 26.7 Å². The zero-order valence-corrected chi connectivity index (χ0v) is 17.0. The van der Waals surface area contributed by atoms with E-state index in [-0.39, 0.29) is 18.0 Å². The number of benzene rings is 1. The van der Waals surface area contributed by atoms with Crippen LogP contribution in [0.15, 0.2) is 12.1 Å². The maximum atomic E-state index is 13.6. The van der Waals surface area contributed by atoms with Crippen molar-refractivity contribution < 1.29 is 40.8 Å². The highest BCUT2D eigenvalue weighted by molar-refractivity contribution is 6.65. The van der Waals surface area contributed by atoms with Gasteiger partial charge in [0.15, 0.2) is 11.6 Å². The first-order valence-electron chi connectivity index (χ1n) is 8.77. The van der Waals surface area contributed by atoms with E-state index in [9.17, 15) is 27.6 Å². The predicted octanol–water partition coefficient (Wildman–Crippen LogP) is 3.84. The van der Waals surface area contributed by atoms with Gasteiger partial charge in [-0.25, -0.2) is 13.2 Å². The zero-order chi connectivity index (χ0) is 21.3. The molecule has 1 aromatic carbocycles. The molecule has 0 N–H and O–H groups in total. The molecule has 0 unspecified atom stereocenters. The van der Waals surface area contributed by atoms with Crippen molar-refractivity contribution in [1.29, 1.82) is 0 Å². The molecule has 0 aliphatic carbocycles. The van der Waals surface area contributed by atoms with Crippen LogP contribution >= 0.6 is 0 Å². The van der Waals surface area contributed by atoms with Gasteiger partial charge in [0, 0.05) is 26.8 Å². The van der Waals surface area contributed by atoms with Crippen LogP contribution in [-0.2, 0) is 34.1 Å². The topological polar surface area (TPSA) is 78.9 Å². The molecule has 1 rings (SSSR count). The largest absolute Gasteiger partial charge is 0.705 e. The summed E-state index contributed by atoms with van der Waals surface area (Å²) in [7, 11) is -3.83. The van der Waals surface area contributed by atoms with Gasteiger partial charge in [-0.1, -0.05) is 12.8 Å². The molecule has 6 nitrogen and oxygen atoms in total. The molecule has 0 fully saturated rings. The third kappa shape index (κ3) is 8.11. The molecule has 10 heteroatoms. The molecule has 0 bridgehead atoms. The van der Waals surface area contributed by atoms with E-state index in [1.165, 1.54) is 0 Å². The summed E-state index contributed by atoms with van der Waals surface area (Å²) >= 11 is 0. The van der Waals surface area contributed by atoms with Crippen molar-refractivity contribution in [2.45, 2.75) is 58.9 Å². The number of carbonyl (C=O) groups is 3. The number of halogens is 3. The Kier molecular flexibility index (Phi) is 9.16. The van der Waals surface area contributed by atoms with Crippen LogP contribution in [0, 0.1) is 17.5 Å². The molecule has 156 valence electrons. The molecule has 0 aliphatic heterocycles. The highest BCUT2D eigenvalue weighted by Gasteiger charge is 2.51. The predicted molar refractivity (Wildman–Crippen MR) is 94.3 cm³/mol. The van der Waals surface area contributed by atoms with Gasteiger partial charge in [-0.2, -0.15) is 0 Å². The summed E-state index contributed by atoms with van der Waals surface area (Å²) in [6.07, 6.45) is 2.32. The first kappa shape index (κ1) is 23.7. The van der Waals surface area contributed by atoms with Gasteiger partial charge in [0.1, 0.15) is 5.82 Å². The number of hydrogen-bond acceptors (Lipinski definition) is 6. The van der Waals surface area contributed by atoms with E-state index in [4.69, 9.17) is 13.3 Å². The van der Waals surface area contributed by atoms with E-state index >= 15 is 0 Å². The molecule has 0 aliphatic rings. The van der Waals surface area contributed by atoms with E-state index in [0.29, 0.717) is 31.7 Å². The first-order chi connectivity index (χ1) is 13.0. The Labute approximate surface area is 162 Å². The fraction of sp³-hybridized carbons (Fsp3) is 0.500. The van der Waals surface area contributed by atoms with Gasteiger partial charge < -0.3 is 13.3 Å². The van der Waals surface area contributed by atoms with Gasteiger partial charge in [0.05, 0.1) is 6.04 Å². The smallest absolute Gasteiger partial charge is 0.455 e. The van der Waals surface area contributed by atoms with Crippen LogP contribution < -0.4 is 0 Å². The lowest BCUT2D eigenvalue weighted by Crippen LogP contribution is -2.49. The lowest BCUT2D eigenvalue weighted by molar-refractivity contribution is -0.147. The zero-order valence-electron chi connectivity index (χ0n) is 16.0. The van der Waals surface area contributed by atoms with Crippen LogP contribution in [0.1, 0.15) is 52.0 Å². The van der Waals surface area contributed by atoms with Gasteiger partial charge in [0.25, 0.3) is 17.9 Å². The van der Waals surface area contributed by atoms with Crippen molar-refractivity contribution in [3.63, 3.8) is 0 Å². The minimum atomic E-state index is -3.83. The molecule has 1 aromatic rings. The Hall–Kier alpha value is -2.36. The van der Waals surface area contributed by atoms with Crippen molar-refractivity contribution in [3.8, 4) is 0 Å². The molecular weight excluding hydrogens is 397 g/mol. The molecule has 28 heavy (non-hydrogen) atoms. The molecule has 0 radical (unpaired) electrons. The van der Waals surface area contributed by atoms with Crippen molar-refractivity contribution in [3.05, 3.63) is 35.1 Å². The summed E-state index contributed by atoms with van der Waals surface area (Å²) < 4.78 is 54.9. The third-order valence-corrected chi connectivity index (χ3v) is 6.43. The molecule has 0 heterocycles. The van der Waals surface area contributed by atoms with Crippen LogP contribution in [0.3, 0.4) is 0 Å². The summed E-state index contributed by atoms with van der Waals surface area (Å²) in [4.78, 5) is 34.0. The number of rotatable bonds is 10. The number of aryl methyl sites for hydroxylation is 1. The SMILES string of the molecule is CC(=O)O[Si](CCCCCCc1cc(F)c(F)cc1F)(OC(C)=O)OC(C)=O. The van der Waals surface area contributed by atoms with Gasteiger partial charge >= 0.3 is 8.80 Å². The molecule has 0 spiro atoms. The normalized spacial score (nSPS) is 11.1. The van der Waals surface area contributed by atoms with Gasteiger partial charge in [-0.15, -0.1) is 0 Å². The summed E-state index contributed by atoms with van der Waals surface area (Å²) in [5, 5.41) is 0. The van der Waals surface area contributed by atoms with E-state index in [2.05, 4.69) is 0 Å². The maximum absolute atomic E-state index is 13.6. The second-order valence-electron chi connectivity index (χ2n) is 6.24. The quantitative estimate of drug-likeness (QED) is 0.325. The number of unbranched alkanes of at least 4 members (excludes halogenated alkanes) is 3. The fourth-order valence-corrected chi connectivity index (χ4v) is 5.07. The van der Waals surface area contributed by atoms with Crippen molar-refractivity contribution in [2.75, 3.05) is 0 Å². The highest BCUT2D eigenvalue weighted by Crippen LogP contribution is 2.22. The van der Waals surface area contributed by atoms with E-state index in [1.54, 1.807) is 0 Å². The summed E-state index contributed by atoms with van der Waals surface area (Å²) in [5.74, 6) is -5.33. The summed E-state index contributed by atoms with van der Waals surface area (Å²) in [6.45, 7) is 3.35. The molecular formula is C18H23F3O6Si. The Morgan fingerprint density at radius 2 is 1.21 bits per heavy atom. The monoisotopic (exact) mass is 420 g/mol. The van der Waals surface area contributed by atoms with E-state index in [1.807, 2.05) is 0 Å². The average molecular weight is 420 g/mol. The van der Waals surface area contributed by atoms with Gasteiger partial charge in [-0.05, 0) is 30.9 Å². The van der Waals surface area contributed by atoms with Gasteiger partial charge in [-0.3, -0.25) is 14.4 Å². The number of carbonyl (C=O) groups excluding carboxylic acids is 3. The van der Waals surface area contributed by atoms with Crippen LogP contribution in [0.4, 0.5) is 13.2 Å². The lowest BCUT2D eigenvalue weighted by Gasteiger charge is -2.26. The second-order valence-corrected chi connectivity index (χ2v) is 8.71. The Bertz CT molecular complexity index is 685. The lowest BCUT2D eigenvalue weighted by atomic mass is 10.1. The Balaban J connectivity index is 2.57. The van der Waals surface area contributed by atoms with E-state index in [0.717, 1.165) is 26.8 Å². The van der Waals surface area contributed by atoms with Crippen LogP contribution in [-0.4, -0.2) is 26.7 Å². The standard InChI is InChI=1S/C18H23F3O6Si/c1-12(22)25-28(26-13(2)23,27-14(3)24)9-7-5-4-6-8-15-10-17(20)18(21)11-16(15)19/h10-11H,4-9H2,1-3H3. The fourth-order valence-electron chi connectivity index (χ4n) is 2.64. The van der Waals surface area contributed by atoms with Crippen LogP contribution in [0.5, 0.6) is 0 Å². The second kappa shape index (κ2) is 10.8. The Morgan fingerprint density at radius 1 is 0.750 bits per heavy atom. The van der Waals surface area contributed by atoms with Crippen molar-refractivity contribution in [2.24, 2.45) is 0 Å². The number of hydrogen-bond donors (Lipinski definition) is 0. The molecule has 0 atom stereocenters. The summed E-state index contributed by atoms with van der Waals surface area (Å²) in [6, 6.07) is 1.41.